The Kier molecular flexibility index (Phi) is 7.06. The Labute approximate surface area is 196 Å². The van der Waals surface area contributed by atoms with Crippen LogP contribution in [-0.4, -0.2) is 32.8 Å². The van der Waals surface area contributed by atoms with Crippen molar-refractivity contribution in [1.29, 1.82) is 5.26 Å². The van der Waals surface area contributed by atoms with E-state index in [4.69, 9.17) is 17.0 Å². The van der Waals surface area contributed by atoms with E-state index in [0.29, 0.717) is 32.7 Å². The first kappa shape index (κ1) is 23.6. The molecule has 0 atom stereocenters. The average molecular weight is 469 g/mol. The molecule has 166 valence electrons. The molecule has 9 heteroatoms. The molecular weight excluding hydrogens is 444 g/mol. The van der Waals surface area contributed by atoms with E-state index in [9.17, 15) is 14.9 Å². The second-order valence-corrected chi connectivity index (χ2v) is 9.26. The molecule has 0 bridgehead atoms. The molecule has 0 radical (unpaired) electrons. The third-order valence-corrected chi connectivity index (χ3v) is 6.56. The van der Waals surface area contributed by atoms with Gasteiger partial charge in [-0.25, -0.2) is 0 Å². The maximum atomic E-state index is 12.9. The smallest absolute Gasteiger partial charge is 0.270 e. The van der Waals surface area contributed by atoms with Crippen LogP contribution in [0.2, 0.25) is 0 Å². The fourth-order valence-corrected chi connectivity index (χ4v) is 4.94. The minimum absolute atomic E-state index is 0.0492. The Morgan fingerprint density at radius 3 is 2.47 bits per heavy atom. The number of rotatable bonds is 6. The second-order valence-electron chi connectivity index (χ2n) is 7.59. The first-order chi connectivity index (χ1) is 15.2. The van der Waals surface area contributed by atoms with Gasteiger partial charge in [0.15, 0.2) is 0 Å². The van der Waals surface area contributed by atoms with Crippen LogP contribution in [0.3, 0.4) is 0 Å². The number of thioether (sulfide) groups is 1. The van der Waals surface area contributed by atoms with Gasteiger partial charge in [0.1, 0.15) is 27.5 Å². The van der Waals surface area contributed by atoms with E-state index >= 15 is 0 Å². The van der Waals surface area contributed by atoms with Gasteiger partial charge in [-0.15, -0.1) is 0 Å². The van der Waals surface area contributed by atoms with E-state index < -0.39 is 5.56 Å². The maximum absolute atomic E-state index is 12.9. The van der Waals surface area contributed by atoms with Gasteiger partial charge < -0.3 is 10.1 Å². The van der Waals surface area contributed by atoms with Crippen LogP contribution < -0.4 is 15.6 Å². The van der Waals surface area contributed by atoms with Crippen molar-refractivity contribution < 1.29 is 9.53 Å². The second kappa shape index (κ2) is 9.59. The maximum Gasteiger partial charge on any atom is 0.270 e. The van der Waals surface area contributed by atoms with Crippen LogP contribution in [0, 0.1) is 18.3 Å². The van der Waals surface area contributed by atoms with Crippen molar-refractivity contribution in [1.82, 2.24) is 9.47 Å². The third-order valence-electron chi connectivity index (χ3n) is 5.23. The van der Waals surface area contributed by atoms with Gasteiger partial charge in [0.2, 0.25) is 0 Å². The molecule has 1 N–H and O–H groups in total. The van der Waals surface area contributed by atoms with E-state index in [1.807, 2.05) is 44.2 Å². The molecule has 3 rings (SSSR count). The first-order valence-electron chi connectivity index (χ1n) is 9.97. The van der Waals surface area contributed by atoms with Crippen molar-refractivity contribution in [3.8, 4) is 11.8 Å². The lowest BCUT2D eigenvalue weighted by Crippen LogP contribution is -2.34. The van der Waals surface area contributed by atoms with Crippen LogP contribution in [-0.2, 0) is 18.4 Å². The number of pyridine rings is 1. The molecule has 1 aromatic carbocycles. The standard InChI is InChI=1S/C23H24N4O3S2/c1-13(2)27-22(29)19(32-23(27)31)10-17-14(3)18(11-24)21(28)26(4)20(17)25-12-15-6-8-16(30-5)9-7-15/h6-10,13,25H,12H2,1-5H3/b19-10+. The predicted octanol–water partition coefficient (Wildman–Crippen LogP) is 3.80. The summed E-state index contributed by atoms with van der Waals surface area (Å²) in [4.78, 5) is 27.7. The molecule has 2 heterocycles. The molecule has 1 saturated heterocycles. The third kappa shape index (κ3) is 4.42. The highest BCUT2D eigenvalue weighted by Gasteiger charge is 2.34. The van der Waals surface area contributed by atoms with E-state index in [0.717, 1.165) is 11.3 Å². The topological polar surface area (TPSA) is 87.4 Å². The molecule has 0 aliphatic carbocycles. The summed E-state index contributed by atoms with van der Waals surface area (Å²) >= 11 is 6.60. The lowest BCUT2D eigenvalue weighted by atomic mass is 10.0. The van der Waals surface area contributed by atoms with Gasteiger partial charge >= 0.3 is 0 Å². The summed E-state index contributed by atoms with van der Waals surface area (Å²) in [5.74, 6) is 1.10. The number of ether oxygens (including phenoxy) is 1. The normalized spacial score (nSPS) is 14.9. The highest BCUT2D eigenvalue weighted by Crippen LogP contribution is 2.35. The summed E-state index contributed by atoms with van der Waals surface area (Å²) in [6.45, 7) is 5.96. The fourth-order valence-electron chi connectivity index (χ4n) is 3.43. The van der Waals surface area contributed by atoms with E-state index in [1.165, 1.54) is 16.3 Å². The average Bonchev–Trinajstić information content (AvgIpc) is 3.05. The minimum atomic E-state index is -0.394. The van der Waals surface area contributed by atoms with Gasteiger partial charge in [0.05, 0.1) is 12.0 Å². The Bertz CT molecular complexity index is 1210. The Morgan fingerprint density at radius 2 is 1.94 bits per heavy atom. The Balaban J connectivity index is 2.07. The number of aromatic nitrogens is 1. The molecule has 1 fully saturated rings. The van der Waals surface area contributed by atoms with Crippen molar-refractivity contribution >= 4 is 46.1 Å². The molecule has 0 spiro atoms. The van der Waals surface area contributed by atoms with Crippen molar-refractivity contribution in [2.75, 3.05) is 12.4 Å². The molecular formula is C23H24N4O3S2. The molecule has 32 heavy (non-hydrogen) atoms. The quantitative estimate of drug-likeness (QED) is 0.510. The van der Waals surface area contributed by atoms with Crippen LogP contribution in [0.25, 0.3) is 6.08 Å². The number of amides is 1. The summed E-state index contributed by atoms with van der Waals surface area (Å²) in [6, 6.07) is 9.51. The number of nitrogens with zero attached hydrogens (tertiary/aromatic N) is 3. The van der Waals surface area contributed by atoms with Crippen LogP contribution in [0.5, 0.6) is 5.75 Å². The SMILES string of the molecule is COc1ccc(CNc2c(/C=C3/SC(=S)N(C(C)C)C3=O)c(C)c(C#N)c(=O)n2C)cc1. The summed E-state index contributed by atoms with van der Waals surface area (Å²) < 4.78 is 7.09. The lowest BCUT2D eigenvalue weighted by molar-refractivity contribution is -0.123. The van der Waals surface area contributed by atoms with Crippen LogP contribution in [0.1, 0.15) is 36.1 Å². The fraction of sp³-hybridized carbons (Fsp3) is 0.304. The molecule has 0 unspecified atom stereocenters. The summed E-state index contributed by atoms with van der Waals surface area (Å²) in [6.07, 6.45) is 1.72. The number of methoxy groups -OCH3 is 1. The minimum Gasteiger partial charge on any atom is -0.497 e. The monoisotopic (exact) mass is 468 g/mol. The van der Waals surface area contributed by atoms with Crippen molar-refractivity contribution in [3.05, 3.63) is 61.8 Å². The molecule has 1 amide bonds. The highest BCUT2D eigenvalue weighted by atomic mass is 32.2. The molecule has 7 nitrogen and oxygen atoms in total. The zero-order valence-corrected chi connectivity index (χ0v) is 20.2. The molecule has 0 saturated carbocycles. The van der Waals surface area contributed by atoms with Crippen molar-refractivity contribution in [2.45, 2.75) is 33.4 Å². The zero-order valence-electron chi connectivity index (χ0n) is 18.6. The van der Waals surface area contributed by atoms with Crippen LogP contribution >= 0.6 is 24.0 Å². The van der Waals surface area contributed by atoms with Crippen molar-refractivity contribution in [3.63, 3.8) is 0 Å². The number of hydrogen-bond acceptors (Lipinski definition) is 7. The molecule has 1 aliphatic heterocycles. The summed E-state index contributed by atoms with van der Waals surface area (Å²) in [7, 11) is 3.21. The lowest BCUT2D eigenvalue weighted by Gasteiger charge is -2.19. The van der Waals surface area contributed by atoms with Gasteiger partial charge in [-0.3, -0.25) is 19.1 Å². The van der Waals surface area contributed by atoms with Crippen LogP contribution in [0.4, 0.5) is 5.82 Å². The zero-order chi connectivity index (χ0) is 23.6. The molecule has 1 aliphatic rings. The number of thiocarbonyl (C=S) groups is 1. The van der Waals surface area contributed by atoms with Crippen LogP contribution in [0.15, 0.2) is 34.0 Å². The molecule has 2 aromatic rings. The van der Waals surface area contributed by atoms with E-state index in [1.54, 1.807) is 32.1 Å². The predicted molar refractivity (Wildman–Crippen MR) is 132 cm³/mol. The number of nitriles is 1. The van der Waals surface area contributed by atoms with E-state index in [-0.39, 0.29) is 17.5 Å². The van der Waals surface area contributed by atoms with Gasteiger partial charge in [-0.2, -0.15) is 5.26 Å². The highest BCUT2D eigenvalue weighted by molar-refractivity contribution is 8.26. The van der Waals surface area contributed by atoms with Gasteiger partial charge in [-0.1, -0.05) is 36.1 Å². The van der Waals surface area contributed by atoms with E-state index in [2.05, 4.69) is 5.32 Å². The first-order valence-corrected chi connectivity index (χ1v) is 11.2. The Morgan fingerprint density at radius 1 is 1.28 bits per heavy atom. The number of benzene rings is 1. The Hall–Kier alpha value is -3.09. The number of carbonyl (C=O) groups excluding carboxylic acids is 1. The van der Waals surface area contributed by atoms with Gasteiger partial charge in [-0.05, 0) is 50.1 Å². The number of anilines is 1. The number of nitrogens with one attached hydrogen (secondary N) is 1. The van der Waals surface area contributed by atoms with Gasteiger partial charge in [0.25, 0.3) is 11.5 Å². The largest absolute Gasteiger partial charge is 0.497 e. The number of carbonyl (C=O) groups is 1. The summed E-state index contributed by atoms with van der Waals surface area (Å²) in [5, 5.41) is 12.9. The van der Waals surface area contributed by atoms with Gasteiger partial charge in [0, 0.05) is 25.2 Å². The molecule has 1 aromatic heterocycles. The summed E-state index contributed by atoms with van der Waals surface area (Å²) in [5.41, 5.74) is 1.77. The number of hydrogen-bond donors (Lipinski definition) is 1. The van der Waals surface area contributed by atoms with Crippen molar-refractivity contribution in [2.24, 2.45) is 7.05 Å².